The molecule has 0 aliphatic rings. The first-order valence-electron chi connectivity index (χ1n) is 0. The molecule has 0 unspecified atom stereocenters. The topological polar surface area (TPSA) is 0 Å². The zero-order valence-corrected chi connectivity index (χ0v) is 17.0. The molecule has 0 fully saturated rings. The van der Waals surface area contributed by atoms with Gasteiger partial charge >= 0.3 is 0 Å². The molecule has 9 radical (unpaired) electrons. The second-order valence-electron chi connectivity index (χ2n) is 0. The van der Waals surface area contributed by atoms with Crippen molar-refractivity contribution in [1.29, 1.82) is 0 Å². The van der Waals surface area contributed by atoms with E-state index in [0.717, 1.165) is 0 Å². The summed E-state index contributed by atoms with van der Waals surface area (Å²) in [6.07, 6.45) is 0. The molecule has 0 aromatic heterocycles. The Bertz CT molecular complexity index is 6.90. The Morgan fingerprint density at radius 2 is 0.286 bits per heavy atom. The number of rotatable bonds is 0. The molecule has 0 heterocycles. The summed E-state index contributed by atoms with van der Waals surface area (Å²) in [5, 5.41) is 0. The van der Waals surface area contributed by atoms with E-state index in [9.17, 15) is 0 Å². The van der Waals surface area contributed by atoms with Gasteiger partial charge in [0.2, 0.25) is 0 Å². The van der Waals surface area contributed by atoms with Crippen LogP contribution in [0.15, 0.2) is 0 Å². The van der Waals surface area contributed by atoms with Gasteiger partial charge in [0.15, 0.2) is 0 Å². The molecule has 0 nitrogen and oxygen atoms in total. The molecular weight excluding hydrogens is 446 g/mol. The molecule has 0 aromatic rings. The molecule has 0 saturated heterocycles. The minimum absolute atomic E-state index is 0. The van der Waals surface area contributed by atoms with Crippen molar-refractivity contribution >= 4 is 52.1 Å². The van der Waals surface area contributed by atoms with E-state index in [4.69, 9.17) is 0 Å². The van der Waals surface area contributed by atoms with Crippen LogP contribution in [0.2, 0.25) is 0 Å². The van der Waals surface area contributed by atoms with E-state index >= 15 is 0 Å². The van der Waals surface area contributed by atoms with Crippen molar-refractivity contribution in [1.82, 2.24) is 0 Å². The minimum Gasteiger partial charge on any atom is 0 e. The monoisotopic (exact) mass is 441 g/mol. The summed E-state index contributed by atoms with van der Waals surface area (Å²) in [6.45, 7) is 0. The molecule has 7 heteroatoms. The van der Waals surface area contributed by atoms with Crippen LogP contribution in [0.3, 0.4) is 0 Å². The van der Waals surface area contributed by atoms with Crippen molar-refractivity contribution in [2.45, 2.75) is 0 Å². The van der Waals surface area contributed by atoms with Gasteiger partial charge in [-0.2, -0.15) is 0 Å². The number of hydrogen-bond acceptors (Lipinski definition) is 0. The molecule has 0 bridgehead atoms. The van der Waals surface area contributed by atoms with Crippen LogP contribution < -0.4 is 0 Å². The summed E-state index contributed by atoms with van der Waals surface area (Å²) >= 11 is 0. The maximum atomic E-state index is 0. The quantitative estimate of drug-likeness (QED) is 0.413. The predicted molar refractivity (Wildman–Crippen MR) is 17.3 cm³/mol. The summed E-state index contributed by atoms with van der Waals surface area (Å²) in [5.74, 6) is 0. The van der Waals surface area contributed by atoms with Crippen LogP contribution in [0.5, 0.6) is 0 Å². The molecule has 7 heavy (non-hydrogen) atoms. The molecule has 0 atom stereocenters. The smallest absolute Gasteiger partial charge is 0 e. The van der Waals surface area contributed by atoms with Gasteiger partial charge in [-0.25, -0.2) is 0 Å². The largest absolute Gasteiger partial charge is 0 e. The Hall–Kier alpha value is 5.13. The van der Waals surface area contributed by atoms with Gasteiger partial charge in [-0.3, -0.25) is 0 Å². The van der Waals surface area contributed by atoms with E-state index in [-0.39, 0.29) is 157 Å². The predicted octanol–water partition coefficient (Wildman–Crippen LogP) is -1.15. The maximum absolute atomic E-state index is 0. The Balaban J connectivity index is 0. The van der Waals surface area contributed by atoms with Gasteiger partial charge < -0.3 is 0 Å². The Morgan fingerprint density at radius 1 is 0.286 bits per heavy atom. The van der Waals surface area contributed by atoms with E-state index in [1.807, 2.05) is 0 Å². The Morgan fingerprint density at radius 3 is 0.286 bits per heavy atom. The second-order valence-corrected chi connectivity index (χ2v) is 0. The third-order valence-corrected chi connectivity index (χ3v) is 0. The third-order valence-electron chi connectivity index (χ3n) is 0. The zero-order chi connectivity index (χ0) is 0. The molecular formula is Al3Zr4. The SMILES string of the molecule is [Al].[Al].[Al].[Zr].[Zr].[Zr].[Zr]. The molecule has 0 N–H and O–H groups in total. The summed E-state index contributed by atoms with van der Waals surface area (Å²) in [4.78, 5) is 0. The maximum Gasteiger partial charge on any atom is 0 e. The summed E-state index contributed by atoms with van der Waals surface area (Å²) < 4.78 is 0. The molecule has 25 valence electrons. The molecule has 0 aliphatic heterocycles. The Kier molecular flexibility index (Phi) is 354. The van der Waals surface area contributed by atoms with Crippen molar-refractivity contribution < 1.29 is 105 Å². The van der Waals surface area contributed by atoms with Crippen LogP contribution in [0.4, 0.5) is 0 Å². The average molecular weight is 446 g/mol. The van der Waals surface area contributed by atoms with Crippen molar-refractivity contribution in [2.24, 2.45) is 0 Å². The molecule has 0 aromatic carbocycles. The molecule has 0 aliphatic carbocycles. The molecule has 0 amide bonds. The van der Waals surface area contributed by atoms with Gasteiger partial charge in [0.25, 0.3) is 0 Å². The van der Waals surface area contributed by atoms with Crippen LogP contribution in [-0.4, -0.2) is 52.1 Å². The van der Waals surface area contributed by atoms with E-state index in [1.54, 1.807) is 0 Å². The average Bonchev–Trinajstić information content (AvgIpc) is 0. The first kappa shape index (κ1) is 57.1. The minimum atomic E-state index is 0. The molecule has 0 spiro atoms. The van der Waals surface area contributed by atoms with E-state index < -0.39 is 0 Å². The van der Waals surface area contributed by atoms with Crippen LogP contribution in [-0.2, 0) is 105 Å². The van der Waals surface area contributed by atoms with E-state index in [0.29, 0.717) is 0 Å². The van der Waals surface area contributed by atoms with Crippen LogP contribution in [0, 0.1) is 0 Å². The second kappa shape index (κ2) is 43.4. The summed E-state index contributed by atoms with van der Waals surface area (Å²) in [7, 11) is 0. The van der Waals surface area contributed by atoms with Crippen molar-refractivity contribution in [3.8, 4) is 0 Å². The standard InChI is InChI=1S/3Al.4Zr. The molecule has 0 rings (SSSR count). The zero-order valence-electron chi connectivity index (χ0n) is 3.73. The fraction of sp³-hybridized carbons (Fsp3) is 0. The van der Waals surface area contributed by atoms with Crippen molar-refractivity contribution in [3.63, 3.8) is 0 Å². The van der Waals surface area contributed by atoms with Crippen LogP contribution >= 0.6 is 0 Å². The van der Waals surface area contributed by atoms with Gasteiger partial charge in [-0.05, 0) is 0 Å². The molecule has 0 saturated carbocycles. The fourth-order valence-electron chi connectivity index (χ4n) is 0. The van der Waals surface area contributed by atoms with Crippen molar-refractivity contribution in [2.75, 3.05) is 0 Å². The fourth-order valence-corrected chi connectivity index (χ4v) is 0. The van der Waals surface area contributed by atoms with E-state index in [1.165, 1.54) is 0 Å². The summed E-state index contributed by atoms with van der Waals surface area (Å²) in [5.41, 5.74) is 0. The van der Waals surface area contributed by atoms with Crippen molar-refractivity contribution in [3.05, 3.63) is 0 Å². The number of hydrogen-bond donors (Lipinski definition) is 0. The first-order chi connectivity index (χ1) is 0. The van der Waals surface area contributed by atoms with Crippen LogP contribution in [0.25, 0.3) is 0 Å². The first-order valence-corrected chi connectivity index (χ1v) is 0. The van der Waals surface area contributed by atoms with Gasteiger partial charge in [-0.15, -0.1) is 0 Å². The third kappa shape index (κ3) is 35.3. The normalized spacial score (nSPS) is 0. The van der Waals surface area contributed by atoms with Gasteiger partial charge in [0.05, 0.1) is 0 Å². The van der Waals surface area contributed by atoms with Gasteiger partial charge in [0, 0.05) is 157 Å². The Labute approximate surface area is 153 Å². The van der Waals surface area contributed by atoms with Gasteiger partial charge in [-0.1, -0.05) is 0 Å². The van der Waals surface area contributed by atoms with Crippen LogP contribution in [0.1, 0.15) is 0 Å². The van der Waals surface area contributed by atoms with Gasteiger partial charge in [0.1, 0.15) is 0 Å². The summed E-state index contributed by atoms with van der Waals surface area (Å²) in [6, 6.07) is 0. The van der Waals surface area contributed by atoms with E-state index in [2.05, 4.69) is 0 Å².